The molecule has 3 atom stereocenters. The zero-order valence-corrected chi connectivity index (χ0v) is 10.7. The standard InChI is InChI=1S/C13H26N2O/c1-11-3-4-12(7-11)8-14-9-13-10-15(2)5-6-16-13/h11-14H,3-10H2,1-2H3. The second-order valence-electron chi connectivity index (χ2n) is 5.70. The van der Waals surface area contributed by atoms with Gasteiger partial charge >= 0.3 is 0 Å². The summed E-state index contributed by atoms with van der Waals surface area (Å²) in [5.74, 6) is 1.86. The summed E-state index contributed by atoms with van der Waals surface area (Å²) in [4.78, 5) is 2.35. The second kappa shape index (κ2) is 5.99. The van der Waals surface area contributed by atoms with Gasteiger partial charge < -0.3 is 15.0 Å². The zero-order valence-electron chi connectivity index (χ0n) is 10.7. The molecule has 2 aliphatic rings. The fourth-order valence-corrected chi connectivity index (χ4v) is 2.95. The van der Waals surface area contributed by atoms with Gasteiger partial charge in [0.15, 0.2) is 0 Å². The van der Waals surface area contributed by atoms with Gasteiger partial charge in [-0.15, -0.1) is 0 Å². The van der Waals surface area contributed by atoms with Crippen LogP contribution in [-0.2, 0) is 4.74 Å². The summed E-state index contributed by atoms with van der Waals surface area (Å²) in [5.41, 5.74) is 0. The number of morpholine rings is 1. The lowest BCUT2D eigenvalue weighted by Gasteiger charge is -2.30. The quantitative estimate of drug-likeness (QED) is 0.783. The van der Waals surface area contributed by atoms with Crippen LogP contribution in [0.1, 0.15) is 26.2 Å². The van der Waals surface area contributed by atoms with E-state index in [1.54, 1.807) is 0 Å². The van der Waals surface area contributed by atoms with Crippen molar-refractivity contribution in [3.05, 3.63) is 0 Å². The predicted octanol–water partition coefficient (Wildman–Crippen LogP) is 1.34. The number of ether oxygens (including phenoxy) is 1. The summed E-state index contributed by atoms with van der Waals surface area (Å²) in [6.45, 7) is 7.64. The van der Waals surface area contributed by atoms with Crippen molar-refractivity contribution in [1.29, 1.82) is 0 Å². The molecule has 3 unspecified atom stereocenters. The Balaban J connectivity index is 1.57. The third kappa shape index (κ3) is 3.72. The minimum Gasteiger partial charge on any atom is -0.374 e. The van der Waals surface area contributed by atoms with Gasteiger partial charge in [0.05, 0.1) is 12.7 Å². The van der Waals surface area contributed by atoms with Crippen LogP contribution in [0.2, 0.25) is 0 Å². The summed E-state index contributed by atoms with van der Waals surface area (Å²) < 4.78 is 5.73. The molecule has 1 heterocycles. The van der Waals surface area contributed by atoms with Crippen molar-refractivity contribution < 1.29 is 4.74 Å². The molecule has 3 heteroatoms. The monoisotopic (exact) mass is 226 g/mol. The van der Waals surface area contributed by atoms with Crippen molar-refractivity contribution in [3.63, 3.8) is 0 Å². The van der Waals surface area contributed by atoms with Gasteiger partial charge in [-0.1, -0.05) is 13.3 Å². The molecule has 0 aromatic heterocycles. The van der Waals surface area contributed by atoms with Gasteiger partial charge in [-0.3, -0.25) is 0 Å². The van der Waals surface area contributed by atoms with E-state index in [1.165, 1.54) is 25.8 Å². The maximum atomic E-state index is 5.73. The lowest BCUT2D eigenvalue weighted by Crippen LogP contribution is -2.45. The van der Waals surface area contributed by atoms with Crippen LogP contribution >= 0.6 is 0 Å². The van der Waals surface area contributed by atoms with Crippen LogP contribution in [0.3, 0.4) is 0 Å². The molecule has 1 N–H and O–H groups in total. The molecule has 0 aromatic carbocycles. The van der Waals surface area contributed by atoms with Crippen LogP contribution in [0.15, 0.2) is 0 Å². The average Bonchev–Trinajstić information content (AvgIpc) is 2.64. The van der Waals surface area contributed by atoms with Crippen molar-refractivity contribution >= 4 is 0 Å². The first-order valence-electron chi connectivity index (χ1n) is 6.75. The Bertz CT molecular complexity index is 210. The third-order valence-corrected chi connectivity index (χ3v) is 3.95. The van der Waals surface area contributed by atoms with Crippen LogP contribution in [-0.4, -0.2) is 50.8 Å². The van der Waals surface area contributed by atoms with Gasteiger partial charge in [0.25, 0.3) is 0 Å². The summed E-state index contributed by atoms with van der Waals surface area (Å²) in [5, 5.41) is 3.59. The van der Waals surface area contributed by atoms with Gasteiger partial charge in [0, 0.05) is 19.6 Å². The van der Waals surface area contributed by atoms with Crippen LogP contribution in [0, 0.1) is 11.8 Å². The van der Waals surface area contributed by atoms with E-state index in [0.717, 1.165) is 38.1 Å². The van der Waals surface area contributed by atoms with Crippen LogP contribution in [0.5, 0.6) is 0 Å². The molecule has 1 aliphatic carbocycles. The Morgan fingerprint density at radius 2 is 2.19 bits per heavy atom. The summed E-state index contributed by atoms with van der Waals surface area (Å²) in [6, 6.07) is 0. The minimum atomic E-state index is 0.401. The number of nitrogens with one attached hydrogen (secondary N) is 1. The van der Waals surface area contributed by atoms with E-state index in [-0.39, 0.29) is 0 Å². The van der Waals surface area contributed by atoms with Crippen molar-refractivity contribution in [3.8, 4) is 0 Å². The highest BCUT2D eigenvalue weighted by molar-refractivity contribution is 4.76. The first kappa shape index (κ1) is 12.3. The number of nitrogens with zero attached hydrogens (tertiary/aromatic N) is 1. The lowest BCUT2D eigenvalue weighted by molar-refractivity contribution is -0.0183. The molecule has 1 saturated carbocycles. The highest BCUT2D eigenvalue weighted by atomic mass is 16.5. The Labute approximate surface area is 99.5 Å². The Morgan fingerprint density at radius 3 is 2.88 bits per heavy atom. The molecular weight excluding hydrogens is 200 g/mol. The Morgan fingerprint density at radius 1 is 1.31 bits per heavy atom. The first-order valence-corrected chi connectivity index (χ1v) is 6.75. The second-order valence-corrected chi connectivity index (χ2v) is 5.70. The smallest absolute Gasteiger partial charge is 0.0826 e. The molecule has 16 heavy (non-hydrogen) atoms. The van der Waals surface area contributed by atoms with Crippen LogP contribution < -0.4 is 5.32 Å². The highest BCUT2D eigenvalue weighted by Crippen LogP contribution is 2.29. The number of hydrogen-bond acceptors (Lipinski definition) is 3. The summed E-state index contributed by atoms with van der Waals surface area (Å²) in [7, 11) is 2.17. The molecule has 0 radical (unpaired) electrons. The fraction of sp³-hybridized carbons (Fsp3) is 1.00. The molecule has 2 fully saturated rings. The van der Waals surface area contributed by atoms with Crippen LogP contribution in [0.25, 0.3) is 0 Å². The van der Waals surface area contributed by atoms with Gasteiger partial charge in [-0.25, -0.2) is 0 Å². The normalized spacial score (nSPS) is 36.8. The Hall–Kier alpha value is -0.120. The van der Waals surface area contributed by atoms with Gasteiger partial charge in [-0.05, 0) is 38.3 Å². The number of hydrogen-bond donors (Lipinski definition) is 1. The van der Waals surface area contributed by atoms with E-state index in [2.05, 4.69) is 24.2 Å². The van der Waals surface area contributed by atoms with Gasteiger partial charge in [0.2, 0.25) is 0 Å². The molecule has 94 valence electrons. The van der Waals surface area contributed by atoms with E-state index in [1.807, 2.05) is 0 Å². The first-order chi connectivity index (χ1) is 7.74. The third-order valence-electron chi connectivity index (χ3n) is 3.95. The largest absolute Gasteiger partial charge is 0.374 e. The molecule has 1 aliphatic heterocycles. The van der Waals surface area contributed by atoms with E-state index < -0.39 is 0 Å². The lowest BCUT2D eigenvalue weighted by atomic mass is 10.1. The van der Waals surface area contributed by atoms with Crippen LogP contribution in [0.4, 0.5) is 0 Å². The maximum absolute atomic E-state index is 5.73. The molecular formula is C13H26N2O. The van der Waals surface area contributed by atoms with Gasteiger partial charge in [0.1, 0.15) is 0 Å². The molecule has 0 bridgehead atoms. The summed E-state index contributed by atoms with van der Waals surface area (Å²) in [6.07, 6.45) is 4.66. The summed E-state index contributed by atoms with van der Waals surface area (Å²) >= 11 is 0. The number of rotatable bonds is 4. The van der Waals surface area contributed by atoms with E-state index >= 15 is 0 Å². The van der Waals surface area contributed by atoms with Crippen molar-refractivity contribution in [2.24, 2.45) is 11.8 Å². The maximum Gasteiger partial charge on any atom is 0.0826 e. The predicted molar refractivity (Wildman–Crippen MR) is 66.6 cm³/mol. The Kier molecular flexibility index (Phi) is 4.62. The van der Waals surface area contributed by atoms with E-state index in [4.69, 9.17) is 4.74 Å². The topological polar surface area (TPSA) is 24.5 Å². The van der Waals surface area contributed by atoms with E-state index in [9.17, 15) is 0 Å². The molecule has 0 spiro atoms. The van der Waals surface area contributed by atoms with Gasteiger partial charge in [-0.2, -0.15) is 0 Å². The minimum absolute atomic E-state index is 0.401. The fourth-order valence-electron chi connectivity index (χ4n) is 2.95. The SMILES string of the molecule is CC1CCC(CNCC2CN(C)CCO2)C1. The van der Waals surface area contributed by atoms with Crippen molar-refractivity contribution in [2.45, 2.75) is 32.3 Å². The zero-order chi connectivity index (χ0) is 11.4. The molecule has 0 amide bonds. The highest BCUT2D eigenvalue weighted by Gasteiger charge is 2.22. The molecule has 2 rings (SSSR count). The molecule has 3 nitrogen and oxygen atoms in total. The van der Waals surface area contributed by atoms with Crippen molar-refractivity contribution in [2.75, 3.05) is 39.8 Å². The van der Waals surface area contributed by atoms with Crippen molar-refractivity contribution in [1.82, 2.24) is 10.2 Å². The average molecular weight is 226 g/mol. The van der Waals surface area contributed by atoms with E-state index in [0.29, 0.717) is 6.10 Å². The molecule has 0 aromatic rings. The molecule has 1 saturated heterocycles. The number of likely N-dealkylation sites (N-methyl/N-ethyl adjacent to an activating group) is 1.